The minimum atomic E-state index is -4.15. The number of anilines is 1. The van der Waals surface area contributed by atoms with Crippen molar-refractivity contribution in [2.24, 2.45) is 0 Å². The van der Waals surface area contributed by atoms with Gasteiger partial charge in [0.05, 0.1) is 20.6 Å². The molecule has 2 aromatic carbocycles. The van der Waals surface area contributed by atoms with E-state index in [9.17, 15) is 13.2 Å². The van der Waals surface area contributed by atoms with Gasteiger partial charge in [-0.25, -0.2) is 8.42 Å². The smallest absolute Gasteiger partial charge is 0.324 e. The van der Waals surface area contributed by atoms with Crippen LogP contribution in [0.5, 0.6) is 0 Å². The molecule has 2 rings (SSSR count). The van der Waals surface area contributed by atoms with E-state index >= 15 is 0 Å². The van der Waals surface area contributed by atoms with Crippen molar-refractivity contribution < 1.29 is 18.3 Å². The Bertz CT molecular complexity index is 900. The van der Waals surface area contributed by atoms with Crippen LogP contribution in [0.25, 0.3) is 0 Å². The molecule has 0 aliphatic heterocycles. The highest BCUT2D eigenvalue weighted by molar-refractivity contribution is 7.92. The van der Waals surface area contributed by atoms with Gasteiger partial charge in [-0.1, -0.05) is 34.8 Å². The van der Waals surface area contributed by atoms with E-state index < -0.39 is 22.5 Å². The lowest BCUT2D eigenvalue weighted by atomic mass is 10.2. The Balaban J connectivity index is 2.59. The van der Waals surface area contributed by atoms with Crippen LogP contribution in [-0.4, -0.2) is 26.0 Å². The van der Waals surface area contributed by atoms with Crippen LogP contribution in [0.15, 0.2) is 41.3 Å². The molecule has 0 saturated carbocycles. The van der Waals surface area contributed by atoms with E-state index in [0.29, 0.717) is 10.6 Å². The van der Waals surface area contributed by atoms with E-state index in [1.165, 1.54) is 36.4 Å². The first-order valence-corrected chi connectivity index (χ1v) is 9.16. The zero-order chi connectivity index (χ0) is 18.1. The van der Waals surface area contributed by atoms with Gasteiger partial charge in [0.25, 0.3) is 10.0 Å². The normalized spacial score (nSPS) is 11.3. The third-order valence-corrected chi connectivity index (χ3v) is 6.12. The summed E-state index contributed by atoms with van der Waals surface area (Å²) in [5.41, 5.74) is 0.805. The first kappa shape index (κ1) is 18.9. The minimum Gasteiger partial charge on any atom is -0.480 e. The van der Waals surface area contributed by atoms with Crippen LogP contribution >= 0.6 is 34.8 Å². The van der Waals surface area contributed by atoms with Crippen LogP contribution in [-0.2, 0) is 14.8 Å². The SMILES string of the molecule is Cc1cc(N(CC(=O)O)S(=O)(=O)c2ccc(Cl)c(Cl)c2)ccc1Cl. The fourth-order valence-corrected chi connectivity index (χ4v) is 3.90. The van der Waals surface area contributed by atoms with Gasteiger partial charge in [-0.2, -0.15) is 0 Å². The molecule has 128 valence electrons. The number of aryl methyl sites for hydroxylation is 1. The molecule has 0 aliphatic rings. The zero-order valence-corrected chi connectivity index (χ0v) is 15.4. The number of halogens is 3. The zero-order valence-electron chi connectivity index (χ0n) is 12.3. The van der Waals surface area contributed by atoms with Crippen LogP contribution in [0, 0.1) is 6.92 Å². The minimum absolute atomic E-state index is 0.0558. The number of aliphatic carboxylic acids is 1. The third-order valence-electron chi connectivity index (χ3n) is 3.19. The molecular weight excluding hydrogens is 397 g/mol. The molecule has 0 unspecified atom stereocenters. The average Bonchev–Trinajstić information content (AvgIpc) is 2.50. The maximum Gasteiger partial charge on any atom is 0.324 e. The van der Waals surface area contributed by atoms with Crippen molar-refractivity contribution in [3.8, 4) is 0 Å². The maximum atomic E-state index is 12.9. The van der Waals surface area contributed by atoms with E-state index in [4.69, 9.17) is 39.9 Å². The number of sulfonamides is 1. The Morgan fingerprint density at radius 2 is 1.67 bits per heavy atom. The third kappa shape index (κ3) is 3.95. The van der Waals surface area contributed by atoms with Crippen molar-refractivity contribution in [2.75, 3.05) is 10.8 Å². The molecule has 0 atom stereocenters. The maximum absolute atomic E-state index is 12.9. The van der Waals surface area contributed by atoms with Crippen LogP contribution in [0.1, 0.15) is 5.56 Å². The molecule has 9 heteroatoms. The second-order valence-corrected chi connectivity index (χ2v) is 8.00. The summed E-state index contributed by atoms with van der Waals surface area (Å²) in [6.45, 7) is 0.945. The number of benzene rings is 2. The van der Waals surface area contributed by atoms with Crippen LogP contribution in [0.3, 0.4) is 0 Å². The number of hydrogen-bond acceptors (Lipinski definition) is 3. The second-order valence-electron chi connectivity index (χ2n) is 4.91. The molecule has 24 heavy (non-hydrogen) atoms. The molecule has 0 bridgehead atoms. The second kappa shape index (κ2) is 7.19. The summed E-state index contributed by atoms with van der Waals surface area (Å²) in [5.74, 6) is -1.30. The van der Waals surface area contributed by atoms with Gasteiger partial charge in [-0.05, 0) is 48.9 Å². The van der Waals surface area contributed by atoms with Crippen molar-refractivity contribution in [2.45, 2.75) is 11.8 Å². The molecule has 0 spiro atoms. The molecular formula is C15H12Cl3NO4S. The predicted octanol–water partition coefficient (Wildman–Crippen LogP) is 4.24. The Morgan fingerprint density at radius 3 is 2.21 bits per heavy atom. The number of carboxylic acids is 1. The highest BCUT2D eigenvalue weighted by Crippen LogP contribution is 2.30. The van der Waals surface area contributed by atoms with Crippen molar-refractivity contribution >= 4 is 56.5 Å². The molecule has 0 radical (unpaired) electrons. The topological polar surface area (TPSA) is 74.7 Å². The molecule has 0 aliphatic carbocycles. The highest BCUT2D eigenvalue weighted by Gasteiger charge is 2.28. The van der Waals surface area contributed by atoms with Gasteiger partial charge in [-0.3, -0.25) is 9.10 Å². The monoisotopic (exact) mass is 407 g/mol. The summed E-state index contributed by atoms with van der Waals surface area (Å²) < 4.78 is 26.5. The van der Waals surface area contributed by atoms with Gasteiger partial charge in [0.1, 0.15) is 6.54 Å². The molecule has 0 saturated heterocycles. The standard InChI is InChI=1S/C15H12Cl3NO4S/c1-9-6-10(2-4-12(9)16)19(8-15(20)21)24(22,23)11-3-5-13(17)14(18)7-11/h2-7H,8H2,1H3,(H,20,21). The quantitative estimate of drug-likeness (QED) is 0.803. The lowest BCUT2D eigenvalue weighted by molar-refractivity contribution is -0.135. The Kier molecular flexibility index (Phi) is 5.65. The van der Waals surface area contributed by atoms with Gasteiger partial charge >= 0.3 is 5.97 Å². The lowest BCUT2D eigenvalue weighted by Gasteiger charge is -2.23. The average molecular weight is 409 g/mol. The summed E-state index contributed by atoms with van der Waals surface area (Å²) in [6.07, 6.45) is 0. The first-order valence-electron chi connectivity index (χ1n) is 6.58. The molecule has 0 fully saturated rings. The fourth-order valence-electron chi connectivity index (χ4n) is 1.99. The van der Waals surface area contributed by atoms with E-state index in [0.717, 1.165) is 4.31 Å². The fraction of sp³-hybridized carbons (Fsp3) is 0.133. The van der Waals surface area contributed by atoms with Crippen molar-refractivity contribution in [3.63, 3.8) is 0 Å². The number of nitrogens with zero attached hydrogens (tertiary/aromatic N) is 1. The molecule has 0 amide bonds. The van der Waals surface area contributed by atoms with Gasteiger partial charge in [0.2, 0.25) is 0 Å². The highest BCUT2D eigenvalue weighted by atomic mass is 35.5. The Labute approximate surface area is 154 Å². The van der Waals surface area contributed by atoms with Gasteiger partial charge in [-0.15, -0.1) is 0 Å². The van der Waals surface area contributed by atoms with E-state index in [-0.39, 0.29) is 20.6 Å². The summed E-state index contributed by atoms with van der Waals surface area (Å²) in [7, 11) is -4.15. The number of carbonyl (C=O) groups is 1. The molecule has 5 nitrogen and oxygen atoms in total. The lowest BCUT2D eigenvalue weighted by Crippen LogP contribution is -2.35. The van der Waals surface area contributed by atoms with Gasteiger partial charge < -0.3 is 5.11 Å². The Morgan fingerprint density at radius 1 is 1.04 bits per heavy atom. The molecule has 1 N–H and O–H groups in total. The molecule has 2 aromatic rings. The van der Waals surface area contributed by atoms with Crippen LogP contribution in [0.4, 0.5) is 5.69 Å². The number of hydrogen-bond donors (Lipinski definition) is 1. The Hall–Kier alpha value is -1.47. The van der Waals surface area contributed by atoms with Crippen LogP contribution in [0.2, 0.25) is 15.1 Å². The summed E-state index contributed by atoms with van der Waals surface area (Å²) in [4.78, 5) is 11.0. The van der Waals surface area contributed by atoms with Gasteiger partial charge in [0.15, 0.2) is 0 Å². The van der Waals surface area contributed by atoms with Crippen molar-refractivity contribution in [1.29, 1.82) is 0 Å². The van der Waals surface area contributed by atoms with Gasteiger partial charge in [0, 0.05) is 5.02 Å². The van der Waals surface area contributed by atoms with E-state index in [1.807, 2.05) is 0 Å². The van der Waals surface area contributed by atoms with E-state index in [2.05, 4.69) is 0 Å². The summed E-state index contributed by atoms with van der Waals surface area (Å²) in [6, 6.07) is 8.22. The van der Waals surface area contributed by atoms with Crippen molar-refractivity contribution in [3.05, 3.63) is 57.0 Å². The molecule has 0 aromatic heterocycles. The number of rotatable bonds is 5. The van der Waals surface area contributed by atoms with Crippen LogP contribution < -0.4 is 4.31 Å². The molecule has 0 heterocycles. The number of carboxylic acid groups (broad SMARTS) is 1. The summed E-state index contributed by atoms with van der Waals surface area (Å²) >= 11 is 17.6. The summed E-state index contributed by atoms with van der Waals surface area (Å²) in [5, 5.41) is 9.80. The predicted molar refractivity (Wildman–Crippen MR) is 94.8 cm³/mol. The largest absolute Gasteiger partial charge is 0.480 e. The first-order chi connectivity index (χ1) is 11.1. The van der Waals surface area contributed by atoms with E-state index in [1.54, 1.807) is 6.92 Å². The van der Waals surface area contributed by atoms with Crippen molar-refractivity contribution in [1.82, 2.24) is 0 Å².